The summed E-state index contributed by atoms with van der Waals surface area (Å²) in [6.45, 7) is 2.71. The maximum atomic E-state index is 11.5. The predicted molar refractivity (Wildman–Crippen MR) is 56.8 cm³/mol. The number of hydrogen-bond donors (Lipinski definition) is 2. The van der Waals surface area contributed by atoms with E-state index in [1.807, 2.05) is 0 Å². The quantitative estimate of drug-likeness (QED) is 0.592. The largest absolute Gasteiger partial charge is 0.383 e. The van der Waals surface area contributed by atoms with Gasteiger partial charge in [0.05, 0.1) is 6.61 Å². The van der Waals surface area contributed by atoms with Crippen LogP contribution in [-0.4, -0.2) is 52.4 Å². The summed E-state index contributed by atoms with van der Waals surface area (Å²) in [7, 11) is 3.27. The number of ether oxygens (including phenoxy) is 1. The number of methoxy groups -OCH3 is 1. The number of nitrogens with zero attached hydrogens (tertiary/aromatic N) is 4. The van der Waals surface area contributed by atoms with Gasteiger partial charge >= 0.3 is 0 Å². The molecule has 1 aromatic rings. The maximum Gasteiger partial charge on any atom is 0.243 e. The fourth-order valence-corrected chi connectivity index (χ4v) is 1.04. The van der Waals surface area contributed by atoms with Crippen LogP contribution >= 0.6 is 0 Å². The molecule has 0 aliphatic carbocycles. The fraction of sp³-hybridized carbons (Fsp3) is 0.750. The Bertz CT molecular complexity index is 339. The average Bonchev–Trinajstić information content (AvgIpc) is 2.64. The van der Waals surface area contributed by atoms with E-state index in [1.54, 1.807) is 21.1 Å². The number of rotatable bonds is 6. The molecule has 1 aromatic heterocycles. The van der Waals surface area contributed by atoms with Gasteiger partial charge in [0.15, 0.2) is 0 Å². The van der Waals surface area contributed by atoms with Crippen LogP contribution in [-0.2, 0) is 16.6 Å². The van der Waals surface area contributed by atoms with E-state index in [1.165, 1.54) is 4.68 Å². The van der Waals surface area contributed by atoms with Crippen molar-refractivity contribution < 1.29 is 9.53 Å². The van der Waals surface area contributed by atoms with Crippen LogP contribution in [0.25, 0.3) is 0 Å². The van der Waals surface area contributed by atoms with E-state index in [-0.39, 0.29) is 5.91 Å². The second-order valence-corrected chi connectivity index (χ2v) is 3.28. The number of aromatic nitrogens is 4. The van der Waals surface area contributed by atoms with Crippen molar-refractivity contribution in [1.29, 1.82) is 0 Å². The summed E-state index contributed by atoms with van der Waals surface area (Å²) < 4.78 is 6.28. The molecule has 8 nitrogen and oxygen atoms in total. The van der Waals surface area contributed by atoms with Gasteiger partial charge in [-0.25, -0.2) is 4.68 Å². The zero-order valence-corrected chi connectivity index (χ0v) is 9.60. The highest BCUT2D eigenvalue weighted by molar-refractivity contribution is 5.83. The van der Waals surface area contributed by atoms with E-state index in [2.05, 4.69) is 26.2 Å². The van der Waals surface area contributed by atoms with E-state index < -0.39 is 6.04 Å². The molecule has 8 heteroatoms. The molecule has 1 unspecified atom stereocenters. The van der Waals surface area contributed by atoms with E-state index in [4.69, 9.17) is 4.74 Å². The number of aryl methyl sites for hydroxylation is 1. The van der Waals surface area contributed by atoms with Crippen LogP contribution in [0.3, 0.4) is 0 Å². The lowest BCUT2D eigenvalue weighted by Gasteiger charge is -2.13. The first-order chi connectivity index (χ1) is 7.65. The van der Waals surface area contributed by atoms with Crippen molar-refractivity contribution in [1.82, 2.24) is 25.5 Å². The number of amides is 1. The molecule has 2 N–H and O–H groups in total. The standard InChI is InChI=1S/C8H16N6O2/c1-6(7(15)9-4-5-16-3)10-8-11-12-13-14(8)2/h6H,4-5H2,1-3H3,(H,9,15)(H,10,11,13). The summed E-state index contributed by atoms with van der Waals surface area (Å²) >= 11 is 0. The van der Waals surface area contributed by atoms with Crippen LogP contribution in [0.2, 0.25) is 0 Å². The molecule has 16 heavy (non-hydrogen) atoms. The summed E-state index contributed by atoms with van der Waals surface area (Å²) in [4.78, 5) is 11.5. The van der Waals surface area contributed by atoms with Crippen LogP contribution in [0, 0.1) is 0 Å². The van der Waals surface area contributed by atoms with Gasteiger partial charge in [0.1, 0.15) is 6.04 Å². The van der Waals surface area contributed by atoms with E-state index >= 15 is 0 Å². The monoisotopic (exact) mass is 228 g/mol. The van der Waals surface area contributed by atoms with Gasteiger partial charge in [-0.05, 0) is 17.4 Å². The molecule has 1 atom stereocenters. The zero-order valence-electron chi connectivity index (χ0n) is 9.60. The molecule has 1 amide bonds. The number of carbonyl (C=O) groups excluding carboxylic acids is 1. The van der Waals surface area contributed by atoms with Gasteiger partial charge in [-0.15, -0.1) is 0 Å². The highest BCUT2D eigenvalue weighted by atomic mass is 16.5. The Morgan fingerprint density at radius 1 is 1.62 bits per heavy atom. The fourth-order valence-electron chi connectivity index (χ4n) is 1.04. The molecule has 0 spiro atoms. The lowest BCUT2D eigenvalue weighted by Crippen LogP contribution is -2.39. The molecule has 90 valence electrons. The third kappa shape index (κ3) is 3.46. The molecule has 0 fully saturated rings. The Balaban J connectivity index is 2.37. The normalized spacial score (nSPS) is 12.2. The molecule has 0 aromatic carbocycles. The summed E-state index contributed by atoms with van der Waals surface area (Å²) in [6, 6.07) is -0.401. The highest BCUT2D eigenvalue weighted by Crippen LogP contribution is 1.99. The van der Waals surface area contributed by atoms with Crippen molar-refractivity contribution in [3.63, 3.8) is 0 Å². The van der Waals surface area contributed by atoms with Crippen molar-refractivity contribution in [2.24, 2.45) is 7.05 Å². The predicted octanol–water partition coefficient (Wildman–Crippen LogP) is -1.23. The van der Waals surface area contributed by atoms with Crippen LogP contribution in [0.15, 0.2) is 0 Å². The molecule has 0 aliphatic heterocycles. The summed E-state index contributed by atoms with van der Waals surface area (Å²) in [5.41, 5.74) is 0. The molecular weight excluding hydrogens is 212 g/mol. The molecule has 1 heterocycles. The van der Waals surface area contributed by atoms with Crippen molar-refractivity contribution in [2.75, 3.05) is 25.6 Å². The highest BCUT2D eigenvalue weighted by Gasteiger charge is 2.14. The molecule has 0 aliphatic rings. The first kappa shape index (κ1) is 12.4. The zero-order chi connectivity index (χ0) is 12.0. The van der Waals surface area contributed by atoms with Gasteiger partial charge < -0.3 is 15.4 Å². The molecular formula is C8H16N6O2. The summed E-state index contributed by atoms with van der Waals surface area (Å²) in [5.74, 6) is 0.328. The summed E-state index contributed by atoms with van der Waals surface area (Å²) in [5, 5.41) is 16.4. The Labute approximate surface area is 93.3 Å². The number of nitrogens with one attached hydrogen (secondary N) is 2. The van der Waals surface area contributed by atoms with Crippen LogP contribution in [0.5, 0.6) is 0 Å². The van der Waals surface area contributed by atoms with Crippen LogP contribution < -0.4 is 10.6 Å². The average molecular weight is 228 g/mol. The lowest BCUT2D eigenvalue weighted by atomic mass is 10.3. The first-order valence-electron chi connectivity index (χ1n) is 4.90. The molecule has 0 bridgehead atoms. The Morgan fingerprint density at radius 3 is 2.94 bits per heavy atom. The smallest absolute Gasteiger partial charge is 0.243 e. The second-order valence-electron chi connectivity index (χ2n) is 3.28. The van der Waals surface area contributed by atoms with Gasteiger partial charge in [0.25, 0.3) is 0 Å². The van der Waals surface area contributed by atoms with E-state index in [0.29, 0.717) is 19.1 Å². The van der Waals surface area contributed by atoms with Gasteiger partial charge in [-0.2, -0.15) is 0 Å². The van der Waals surface area contributed by atoms with Crippen molar-refractivity contribution in [3.05, 3.63) is 0 Å². The third-order valence-electron chi connectivity index (χ3n) is 1.96. The van der Waals surface area contributed by atoms with Gasteiger partial charge in [0, 0.05) is 20.7 Å². The molecule has 1 rings (SSSR count). The van der Waals surface area contributed by atoms with Crippen molar-refractivity contribution in [3.8, 4) is 0 Å². The summed E-state index contributed by atoms with van der Waals surface area (Å²) in [6.07, 6.45) is 0. The minimum absolute atomic E-state index is 0.125. The van der Waals surface area contributed by atoms with Crippen LogP contribution in [0.4, 0.5) is 5.95 Å². The Hall–Kier alpha value is -1.70. The topological polar surface area (TPSA) is 94.0 Å². The van der Waals surface area contributed by atoms with Gasteiger partial charge in [-0.3, -0.25) is 4.79 Å². The third-order valence-corrected chi connectivity index (χ3v) is 1.96. The molecule has 0 radical (unpaired) electrons. The minimum atomic E-state index is -0.401. The maximum absolute atomic E-state index is 11.5. The van der Waals surface area contributed by atoms with Crippen molar-refractivity contribution >= 4 is 11.9 Å². The van der Waals surface area contributed by atoms with E-state index in [9.17, 15) is 4.79 Å². The first-order valence-corrected chi connectivity index (χ1v) is 4.90. The molecule has 0 saturated heterocycles. The number of tetrazole rings is 1. The van der Waals surface area contributed by atoms with Crippen LogP contribution in [0.1, 0.15) is 6.92 Å². The lowest BCUT2D eigenvalue weighted by molar-refractivity contribution is -0.121. The van der Waals surface area contributed by atoms with Gasteiger partial charge in [-0.1, -0.05) is 5.10 Å². The van der Waals surface area contributed by atoms with Crippen molar-refractivity contribution in [2.45, 2.75) is 13.0 Å². The minimum Gasteiger partial charge on any atom is -0.383 e. The number of hydrogen-bond acceptors (Lipinski definition) is 6. The Morgan fingerprint density at radius 2 is 2.38 bits per heavy atom. The Kier molecular flexibility index (Phi) is 4.65. The van der Waals surface area contributed by atoms with Gasteiger partial charge in [0.2, 0.25) is 11.9 Å². The number of carbonyl (C=O) groups is 1. The molecule has 0 saturated carbocycles. The SMILES string of the molecule is COCCNC(=O)C(C)Nc1nnnn1C. The number of anilines is 1. The second kappa shape index (κ2) is 6.01. The van der Waals surface area contributed by atoms with E-state index in [0.717, 1.165) is 0 Å².